The standard InChI is InChI=1S/C9H12N/c1-6-2-8-3-7(6)4-9(8)5-10/h7-9H,2-4H2,1H3. The highest BCUT2D eigenvalue weighted by atomic mass is 14.5. The summed E-state index contributed by atoms with van der Waals surface area (Å²) in [4.78, 5) is 0. The van der Waals surface area contributed by atoms with E-state index in [1.807, 2.05) is 0 Å². The molecule has 0 spiro atoms. The van der Waals surface area contributed by atoms with Crippen LogP contribution in [0.4, 0.5) is 0 Å². The van der Waals surface area contributed by atoms with Crippen LogP contribution in [0, 0.1) is 35.0 Å². The van der Waals surface area contributed by atoms with Crippen LogP contribution in [-0.2, 0) is 0 Å². The average Bonchev–Trinajstić information content (AvgIpc) is 2.44. The van der Waals surface area contributed by atoms with Crippen molar-refractivity contribution in [1.29, 1.82) is 5.26 Å². The lowest BCUT2D eigenvalue weighted by Crippen LogP contribution is -2.12. The highest BCUT2D eigenvalue weighted by Gasteiger charge is 2.43. The molecule has 1 heteroatoms. The Hall–Kier alpha value is -0.510. The van der Waals surface area contributed by atoms with Crippen molar-refractivity contribution in [2.45, 2.75) is 26.2 Å². The maximum Gasteiger partial charge on any atom is 0.0658 e. The van der Waals surface area contributed by atoms with Gasteiger partial charge in [0.1, 0.15) is 0 Å². The average molecular weight is 134 g/mol. The number of fused-ring (bicyclic) bond motifs is 2. The predicted molar refractivity (Wildman–Crippen MR) is 38.9 cm³/mol. The molecule has 0 saturated heterocycles. The minimum atomic E-state index is 0.397. The summed E-state index contributed by atoms with van der Waals surface area (Å²) in [6.07, 6.45) is 3.71. The van der Waals surface area contributed by atoms with Crippen molar-refractivity contribution in [2.24, 2.45) is 17.8 Å². The molecule has 53 valence electrons. The van der Waals surface area contributed by atoms with Gasteiger partial charge in [-0.2, -0.15) is 5.26 Å². The summed E-state index contributed by atoms with van der Waals surface area (Å²) < 4.78 is 0. The normalized spacial score (nSPS) is 45.8. The summed E-state index contributed by atoms with van der Waals surface area (Å²) in [5.74, 6) is 3.59. The minimum absolute atomic E-state index is 0.397. The second-order valence-corrected chi connectivity index (χ2v) is 3.71. The topological polar surface area (TPSA) is 23.8 Å². The molecule has 2 aliphatic rings. The first-order valence-electron chi connectivity index (χ1n) is 4.03. The Labute approximate surface area is 62.0 Å². The number of nitrogens with zero attached hydrogens (tertiary/aromatic N) is 1. The molecule has 2 rings (SSSR count). The SMILES string of the molecule is C[C]1CC2CC1CC2C#N. The summed E-state index contributed by atoms with van der Waals surface area (Å²) in [6.45, 7) is 2.25. The van der Waals surface area contributed by atoms with E-state index in [1.165, 1.54) is 12.8 Å². The Morgan fingerprint density at radius 1 is 1.50 bits per heavy atom. The van der Waals surface area contributed by atoms with E-state index in [0.717, 1.165) is 18.3 Å². The van der Waals surface area contributed by atoms with Crippen molar-refractivity contribution in [1.82, 2.24) is 0 Å². The van der Waals surface area contributed by atoms with Gasteiger partial charge in [0.25, 0.3) is 0 Å². The first-order chi connectivity index (χ1) is 4.81. The van der Waals surface area contributed by atoms with Gasteiger partial charge in [-0.3, -0.25) is 0 Å². The van der Waals surface area contributed by atoms with E-state index in [-0.39, 0.29) is 0 Å². The van der Waals surface area contributed by atoms with Crippen molar-refractivity contribution in [3.05, 3.63) is 5.92 Å². The zero-order valence-electron chi connectivity index (χ0n) is 6.30. The van der Waals surface area contributed by atoms with E-state index < -0.39 is 0 Å². The van der Waals surface area contributed by atoms with Gasteiger partial charge < -0.3 is 0 Å². The molecule has 0 N–H and O–H groups in total. The molecule has 0 aliphatic heterocycles. The molecule has 2 fully saturated rings. The molecule has 3 atom stereocenters. The summed E-state index contributed by atoms with van der Waals surface area (Å²) >= 11 is 0. The Kier molecular flexibility index (Phi) is 1.23. The molecule has 0 heterocycles. The van der Waals surface area contributed by atoms with Gasteiger partial charge in [-0.15, -0.1) is 0 Å². The van der Waals surface area contributed by atoms with Crippen molar-refractivity contribution >= 4 is 0 Å². The maximum absolute atomic E-state index is 8.72. The number of hydrogen-bond acceptors (Lipinski definition) is 1. The summed E-state index contributed by atoms with van der Waals surface area (Å²) in [6, 6.07) is 2.40. The Morgan fingerprint density at radius 2 is 2.30 bits per heavy atom. The van der Waals surface area contributed by atoms with Crippen LogP contribution in [-0.4, -0.2) is 0 Å². The highest BCUT2D eigenvalue weighted by Crippen LogP contribution is 2.52. The quantitative estimate of drug-likeness (QED) is 0.498. The fraction of sp³-hybridized carbons (Fsp3) is 0.778. The molecule has 0 aromatic carbocycles. The smallest absolute Gasteiger partial charge is 0.0658 e. The van der Waals surface area contributed by atoms with E-state index >= 15 is 0 Å². The molecule has 3 unspecified atom stereocenters. The number of nitriles is 1. The van der Waals surface area contributed by atoms with Crippen molar-refractivity contribution in [3.63, 3.8) is 0 Å². The van der Waals surface area contributed by atoms with Crippen LogP contribution in [0.2, 0.25) is 0 Å². The minimum Gasteiger partial charge on any atom is -0.198 e. The lowest BCUT2D eigenvalue weighted by Gasteiger charge is -2.19. The Bertz CT molecular complexity index is 178. The summed E-state index contributed by atoms with van der Waals surface area (Å²) in [5, 5.41) is 8.72. The first-order valence-corrected chi connectivity index (χ1v) is 4.03. The van der Waals surface area contributed by atoms with E-state index in [2.05, 4.69) is 13.0 Å². The number of hydrogen-bond donors (Lipinski definition) is 0. The molecule has 2 aliphatic carbocycles. The fourth-order valence-corrected chi connectivity index (χ4v) is 2.49. The van der Waals surface area contributed by atoms with Gasteiger partial charge in [0, 0.05) is 5.92 Å². The first kappa shape index (κ1) is 6.22. The largest absolute Gasteiger partial charge is 0.198 e. The van der Waals surface area contributed by atoms with E-state index in [0.29, 0.717) is 5.92 Å². The third-order valence-electron chi connectivity index (χ3n) is 3.14. The molecule has 2 bridgehead atoms. The zero-order valence-corrected chi connectivity index (χ0v) is 6.30. The second kappa shape index (κ2) is 1.99. The van der Waals surface area contributed by atoms with Gasteiger partial charge in [-0.1, -0.05) is 6.92 Å². The van der Waals surface area contributed by atoms with Crippen LogP contribution in [0.3, 0.4) is 0 Å². The van der Waals surface area contributed by atoms with E-state index in [4.69, 9.17) is 5.26 Å². The molecule has 0 aromatic rings. The van der Waals surface area contributed by atoms with Crippen molar-refractivity contribution in [2.75, 3.05) is 0 Å². The second-order valence-electron chi connectivity index (χ2n) is 3.71. The highest BCUT2D eigenvalue weighted by molar-refractivity contribution is 5.12. The molecule has 0 aromatic heterocycles. The van der Waals surface area contributed by atoms with Gasteiger partial charge >= 0.3 is 0 Å². The monoisotopic (exact) mass is 134 g/mol. The van der Waals surface area contributed by atoms with Crippen LogP contribution < -0.4 is 0 Å². The van der Waals surface area contributed by atoms with E-state index in [9.17, 15) is 0 Å². The number of rotatable bonds is 0. The molecule has 10 heavy (non-hydrogen) atoms. The van der Waals surface area contributed by atoms with Crippen LogP contribution in [0.1, 0.15) is 26.2 Å². The van der Waals surface area contributed by atoms with Gasteiger partial charge in [0.2, 0.25) is 0 Å². The van der Waals surface area contributed by atoms with Gasteiger partial charge in [0.15, 0.2) is 0 Å². The van der Waals surface area contributed by atoms with Crippen LogP contribution >= 0.6 is 0 Å². The maximum atomic E-state index is 8.72. The third kappa shape index (κ3) is 0.683. The lowest BCUT2D eigenvalue weighted by molar-refractivity contribution is 0.427. The molecular weight excluding hydrogens is 122 g/mol. The lowest BCUT2D eigenvalue weighted by atomic mass is 9.84. The van der Waals surface area contributed by atoms with Crippen molar-refractivity contribution < 1.29 is 0 Å². The van der Waals surface area contributed by atoms with Gasteiger partial charge in [-0.05, 0) is 37.0 Å². The Balaban J connectivity index is 2.11. The molecule has 2 saturated carbocycles. The molecule has 0 amide bonds. The van der Waals surface area contributed by atoms with E-state index in [1.54, 1.807) is 5.92 Å². The predicted octanol–water partition coefficient (Wildman–Crippen LogP) is 2.15. The van der Waals surface area contributed by atoms with Crippen molar-refractivity contribution in [3.8, 4) is 6.07 Å². The Morgan fingerprint density at radius 3 is 2.70 bits per heavy atom. The summed E-state index contributed by atoms with van der Waals surface area (Å²) in [7, 11) is 0. The van der Waals surface area contributed by atoms with Crippen LogP contribution in [0.25, 0.3) is 0 Å². The van der Waals surface area contributed by atoms with Crippen LogP contribution in [0.5, 0.6) is 0 Å². The van der Waals surface area contributed by atoms with Gasteiger partial charge in [-0.25, -0.2) is 0 Å². The van der Waals surface area contributed by atoms with Gasteiger partial charge in [0.05, 0.1) is 6.07 Å². The molecule has 1 radical (unpaired) electrons. The third-order valence-corrected chi connectivity index (χ3v) is 3.14. The summed E-state index contributed by atoms with van der Waals surface area (Å²) in [5.41, 5.74) is 0. The zero-order chi connectivity index (χ0) is 7.14. The fourth-order valence-electron chi connectivity index (χ4n) is 2.49. The molecular formula is C9H12N. The molecule has 1 nitrogen and oxygen atoms in total. The van der Waals surface area contributed by atoms with Crippen LogP contribution in [0.15, 0.2) is 0 Å².